The Morgan fingerprint density at radius 3 is 2.13 bits per heavy atom. The Hall–Kier alpha value is -3.26. The van der Waals surface area contributed by atoms with Crippen LogP contribution in [0.2, 0.25) is 0 Å². The summed E-state index contributed by atoms with van der Waals surface area (Å²) in [6, 6.07) is 17.1. The van der Waals surface area contributed by atoms with Gasteiger partial charge in [0.1, 0.15) is 13.2 Å². The van der Waals surface area contributed by atoms with Gasteiger partial charge in [-0.25, -0.2) is 14.4 Å². The Morgan fingerprint density at radius 2 is 1.52 bits per heavy atom. The Kier molecular flexibility index (Phi) is 8.12. The lowest BCUT2D eigenvalue weighted by Crippen LogP contribution is -2.40. The summed E-state index contributed by atoms with van der Waals surface area (Å²) in [6.07, 6.45) is -1.01. The van der Waals surface area contributed by atoms with E-state index >= 15 is 0 Å². The highest BCUT2D eigenvalue weighted by Gasteiger charge is 2.43. The van der Waals surface area contributed by atoms with Gasteiger partial charge in [0.05, 0.1) is 16.4 Å². The summed E-state index contributed by atoms with van der Waals surface area (Å²) in [5.41, 5.74) is 0.788. The van der Waals surface area contributed by atoms with E-state index in [1.165, 1.54) is 17.8 Å². The first-order valence-electron chi connectivity index (χ1n) is 9.62. The van der Waals surface area contributed by atoms with Crippen LogP contribution in [0.25, 0.3) is 0 Å². The second-order valence-corrected chi connectivity index (χ2v) is 7.85. The van der Waals surface area contributed by atoms with Crippen LogP contribution < -0.4 is 0 Å². The van der Waals surface area contributed by atoms with Crippen molar-refractivity contribution in [3.05, 3.63) is 84.4 Å². The van der Waals surface area contributed by atoms with Gasteiger partial charge in [-0.2, -0.15) is 0 Å². The van der Waals surface area contributed by atoms with E-state index < -0.39 is 35.6 Å². The molecule has 0 N–H and O–H groups in total. The third-order valence-corrected chi connectivity index (χ3v) is 5.77. The van der Waals surface area contributed by atoms with Crippen LogP contribution in [0.5, 0.6) is 0 Å². The molecule has 1 fully saturated rings. The fourth-order valence-electron chi connectivity index (χ4n) is 2.91. The first-order valence-corrected chi connectivity index (χ1v) is 10.7. The molecule has 3 atom stereocenters. The second kappa shape index (κ2) is 11.2. The Bertz CT molecular complexity index is 901. The van der Waals surface area contributed by atoms with Crippen molar-refractivity contribution in [2.24, 2.45) is 0 Å². The van der Waals surface area contributed by atoms with Crippen molar-refractivity contribution in [1.82, 2.24) is 0 Å². The molecule has 0 radical (unpaired) electrons. The fourth-order valence-corrected chi connectivity index (χ4v) is 4.19. The van der Waals surface area contributed by atoms with Crippen LogP contribution in [0.4, 0.5) is 4.79 Å². The molecule has 0 aliphatic carbocycles. The molecule has 0 aromatic heterocycles. The lowest BCUT2D eigenvalue weighted by Gasteiger charge is -2.23. The summed E-state index contributed by atoms with van der Waals surface area (Å²) in [7, 11) is 0. The minimum absolute atomic E-state index is 0.00524. The van der Waals surface area contributed by atoms with Gasteiger partial charge in [0, 0.05) is 5.75 Å². The average molecular weight is 442 g/mol. The average Bonchev–Trinajstić information content (AvgIpc) is 3.18. The lowest BCUT2D eigenvalue weighted by atomic mass is 10.1. The number of thioether (sulfide) groups is 1. The zero-order valence-corrected chi connectivity index (χ0v) is 17.5. The van der Waals surface area contributed by atoms with Crippen molar-refractivity contribution < 1.29 is 33.3 Å². The molecular weight excluding hydrogens is 420 g/mol. The van der Waals surface area contributed by atoms with E-state index in [4.69, 9.17) is 18.9 Å². The molecule has 0 saturated carbocycles. The van der Waals surface area contributed by atoms with Crippen molar-refractivity contribution >= 4 is 29.9 Å². The number of esters is 2. The maximum absolute atomic E-state index is 12.6. The number of benzene rings is 2. The molecular formula is C23H22O7S. The standard InChI is InChI=1S/C23H22O7S/c1-2-13-27-23(26)29-18-15-31-19(14-28-21(24)16-9-5-3-6-10-16)20(18)30-22(25)17-11-7-4-8-12-17/h2-12,18-20H,1,13-15H2/t18-,19+,20+/m0/s1. The van der Waals surface area contributed by atoms with E-state index in [0.717, 1.165) is 0 Å². The molecule has 31 heavy (non-hydrogen) atoms. The van der Waals surface area contributed by atoms with Crippen molar-refractivity contribution in [2.45, 2.75) is 17.5 Å². The first-order chi connectivity index (χ1) is 15.1. The van der Waals surface area contributed by atoms with E-state index in [2.05, 4.69) is 6.58 Å². The minimum Gasteiger partial charge on any atom is -0.461 e. The number of carbonyl (C=O) groups excluding carboxylic acids is 3. The highest BCUT2D eigenvalue weighted by atomic mass is 32.2. The van der Waals surface area contributed by atoms with Gasteiger partial charge in [0.25, 0.3) is 0 Å². The van der Waals surface area contributed by atoms with Crippen LogP contribution in [0.15, 0.2) is 73.3 Å². The number of carbonyl (C=O) groups is 3. The smallest absolute Gasteiger partial charge is 0.461 e. The lowest BCUT2D eigenvalue weighted by molar-refractivity contribution is -0.0366. The zero-order valence-electron chi connectivity index (χ0n) is 16.7. The van der Waals surface area contributed by atoms with Gasteiger partial charge in [0.15, 0.2) is 12.2 Å². The summed E-state index contributed by atoms with van der Waals surface area (Å²) in [4.78, 5) is 36.7. The maximum atomic E-state index is 12.6. The second-order valence-electron chi connectivity index (χ2n) is 6.58. The molecule has 1 heterocycles. The Balaban J connectivity index is 1.67. The van der Waals surface area contributed by atoms with Crippen molar-refractivity contribution in [3.8, 4) is 0 Å². The van der Waals surface area contributed by atoms with Crippen LogP contribution in [0.3, 0.4) is 0 Å². The minimum atomic E-state index is -0.881. The first kappa shape index (κ1) is 22.4. The van der Waals surface area contributed by atoms with Crippen LogP contribution >= 0.6 is 11.8 Å². The number of hydrogen-bond donors (Lipinski definition) is 0. The highest BCUT2D eigenvalue weighted by molar-refractivity contribution is 8.00. The zero-order chi connectivity index (χ0) is 22.1. The summed E-state index contributed by atoms with van der Waals surface area (Å²) in [5.74, 6) is -0.673. The molecule has 0 unspecified atom stereocenters. The quantitative estimate of drug-likeness (QED) is 0.346. The Morgan fingerprint density at radius 1 is 0.903 bits per heavy atom. The van der Waals surface area contributed by atoms with Gasteiger partial charge >= 0.3 is 18.1 Å². The number of rotatable bonds is 8. The molecule has 0 spiro atoms. The van der Waals surface area contributed by atoms with E-state index in [1.54, 1.807) is 60.7 Å². The third-order valence-electron chi connectivity index (χ3n) is 4.41. The molecule has 8 heteroatoms. The van der Waals surface area contributed by atoms with Crippen LogP contribution in [0, 0.1) is 0 Å². The van der Waals surface area contributed by atoms with Gasteiger partial charge in [-0.15, -0.1) is 11.8 Å². The molecule has 2 aromatic carbocycles. The predicted molar refractivity (Wildman–Crippen MR) is 115 cm³/mol. The van der Waals surface area contributed by atoms with Crippen LogP contribution in [0.1, 0.15) is 20.7 Å². The van der Waals surface area contributed by atoms with E-state index in [9.17, 15) is 14.4 Å². The highest BCUT2D eigenvalue weighted by Crippen LogP contribution is 2.33. The molecule has 1 saturated heterocycles. The summed E-state index contributed by atoms with van der Waals surface area (Å²) >= 11 is 1.39. The van der Waals surface area contributed by atoms with Crippen LogP contribution in [-0.4, -0.2) is 54.5 Å². The number of hydrogen-bond acceptors (Lipinski definition) is 8. The van der Waals surface area contributed by atoms with Crippen molar-refractivity contribution in [1.29, 1.82) is 0 Å². The molecule has 1 aliphatic heterocycles. The van der Waals surface area contributed by atoms with Gasteiger partial charge in [-0.3, -0.25) is 0 Å². The van der Waals surface area contributed by atoms with Crippen molar-refractivity contribution in [3.63, 3.8) is 0 Å². The van der Waals surface area contributed by atoms with Gasteiger partial charge < -0.3 is 18.9 Å². The normalized spacial score (nSPS) is 19.8. The summed E-state index contributed by atoms with van der Waals surface area (Å²) in [6.45, 7) is 3.47. The topological polar surface area (TPSA) is 88.1 Å². The van der Waals surface area contributed by atoms with Gasteiger partial charge in [-0.05, 0) is 24.3 Å². The molecule has 3 rings (SSSR count). The van der Waals surface area contributed by atoms with E-state index in [1.807, 2.05) is 0 Å². The molecule has 2 aromatic rings. The number of ether oxygens (including phenoxy) is 4. The molecule has 0 bridgehead atoms. The van der Waals surface area contributed by atoms with E-state index in [0.29, 0.717) is 16.9 Å². The van der Waals surface area contributed by atoms with Crippen molar-refractivity contribution in [2.75, 3.05) is 19.0 Å². The monoisotopic (exact) mass is 442 g/mol. The largest absolute Gasteiger partial charge is 0.509 e. The Labute approximate surface area is 184 Å². The van der Waals surface area contributed by atoms with Gasteiger partial charge in [-0.1, -0.05) is 49.1 Å². The molecule has 7 nitrogen and oxygen atoms in total. The summed E-state index contributed by atoms with van der Waals surface area (Å²) in [5, 5.41) is -0.405. The molecule has 0 amide bonds. The maximum Gasteiger partial charge on any atom is 0.509 e. The van der Waals surface area contributed by atoms with Gasteiger partial charge in [0.2, 0.25) is 0 Å². The third kappa shape index (κ3) is 6.36. The molecule has 1 aliphatic rings. The SMILES string of the molecule is C=CCOC(=O)O[C@H]1CS[C@H](COC(=O)c2ccccc2)[C@@H]1OC(=O)c1ccccc1. The van der Waals surface area contributed by atoms with Crippen LogP contribution in [-0.2, 0) is 18.9 Å². The van der Waals surface area contributed by atoms with E-state index in [-0.39, 0.29) is 13.2 Å². The molecule has 162 valence electrons. The summed E-state index contributed by atoms with van der Waals surface area (Å²) < 4.78 is 21.3. The predicted octanol–water partition coefficient (Wildman–Crippen LogP) is 3.89. The fraction of sp³-hybridized carbons (Fsp3) is 0.261.